The number of amides is 1. The maximum absolute atomic E-state index is 11.2. The average molecular weight is 222 g/mol. The second-order valence-corrected chi connectivity index (χ2v) is 3.51. The van der Waals surface area contributed by atoms with Gasteiger partial charge < -0.3 is 15.7 Å². The highest BCUT2D eigenvalue weighted by molar-refractivity contribution is 5.99. The number of para-hydroxylation sites is 1. The Balaban J connectivity index is 3.12. The normalized spacial score (nSPS) is 11.9. The van der Waals surface area contributed by atoms with Crippen molar-refractivity contribution in [1.82, 2.24) is 0 Å². The minimum atomic E-state index is -0.957. The van der Waals surface area contributed by atoms with Crippen LogP contribution in [0.5, 0.6) is 0 Å². The van der Waals surface area contributed by atoms with Gasteiger partial charge in [-0.1, -0.05) is 12.1 Å². The first kappa shape index (κ1) is 12.0. The van der Waals surface area contributed by atoms with Crippen LogP contribution >= 0.6 is 0 Å². The fourth-order valence-corrected chi connectivity index (χ4v) is 1.36. The van der Waals surface area contributed by atoms with Crippen LogP contribution in [0.15, 0.2) is 24.3 Å². The van der Waals surface area contributed by atoms with Crippen molar-refractivity contribution in [2.75, 3.05) is 11.9 Å². The van der Waals surface area contributed by atoms with Crippen molar-refractivity contribution < 1.29 is 14.7 Å². The largest absolute Gasteiger partial charge is 0.480 e. The first-order chi connectivity index (χ1) is 7.45. The Hall–Kier alpha value is -2.04. The lowest BCUT2D eigenvalue weighted by Crippen LogP contribution is -2.37. The number of anilines is 1. The van der Waals surface area contributed by atoms with E-state index < -0.39 is 17.9 Å². The molecule has 1 aromatic carbocycles. The molecule has 1 rings (SSSR count). The van der Waals surface area contributed by atoms with Crippen LogP contribution < -0.4 is 10.6 Å². The highest BCUT2D eigenvalue weighted by Crippen LogP contribution is 2.20. The van der Waals surface area contributed by atoms with Crippen molar-refractivity contribution in [2.24, 2.45) is 5.73 Å². The number of nitrogens with two attached hydrogens (primary N) is 1. The van der Waals surface area contributed by atoms with Crippen LogP contribution in [0, 0.1) is 0 Å². The highest BCUT2D eigenvalue weighted by Gasteiger charge is 2.20. The highest BCUT2D eigenvalue weighted by atomic mass is 16.4. The summed E-state index contributed by atoms with van der Waals surface area (Å²) < 4.78 is 0. The first-order valence-electron chi connectivity index (χ1n) is 4.79. The summed E-state index contributed by atoms with van der Waals surface area (Å²) in [6.07, 6.45) is 0. The molecule has 1 atom stereocenters. The van der Waals surface area contributed by atoms with Crippen molar-refractivity contribution in [2.45, 2.75) is 13.0 Å². The summed E-state index contributed by atoms with van der Waals surface area (Å²) in [4.78, 5) is 23.5. The number of benzene rings is 1. The predicted molar refractivity (Wildman–Crippen MR) is 60.5 cm³/mol. The zero-order chi connectivity index (χ0) is 12.3. The van der Waals surface area contributed by atoms with Crippen molar-refractivity contribution in [1.29, 1.82) is 0 Å². The lowest BCUT2D eigenvalue weighted by Gasteiger charge is -2.25. The molecule has 0 spiro atoms. The van der Waals surface area contributed by atoms with E-state index in [0.29, 0.717) is 11.3 Å². The second-order valence-electron chi connectivity index (χ2n) is 3.51. The van der Waals surface area contributed by atoms with Gasteiger partial charge in [-0.15, -0.1) is 0 Å². The number of carboxylic acid groups (broad SMARTS) is 1. The Morgan fingerprint density at radius 1 is 1.38 bits per heavy atom. The number of primary amides is 1. The minimum absolute atomic E-state index is 0.318. The van der Waals surface area contributed by atoms with Gasteiger partial charge in [-0.25, -0.2) is 4.79 Å². The molecule has 1 aromatic rings. The van der Waals surface area contributed by atoms with Crippen molar-refractivity contribution in [3.8, 4) is 0 Å². The van der Waals surface area contributed by atoms with Gasteiger partial charge in [0.2, 0.25) is 0 Å². The van der Waals surface area contributed by atoms with Crippen LogP contribution in [0.4, 0.5) is 5.69 Å². The van der Waals surface area contributed by atoms with Gasteiger partial charge in [-0.05, 0) is 19.1 Å². The van der Waals surface area contributed by atoms with Gasteiger partial charge in [-0.2, -0.15) is 0 Å². The number of hydrogen-bond acceptors (Lipinski definition) is 3. The molecule has 0 aromatic heterocycles. The SMILES string of the molecule is CC(C(=O)O)N(C)c1ccccc1C(N)=O. The quantitative estimate of drug-likeness (QED) is 0.785. The van der Waals surface area contributed by atoms with E-state index in [0.717, 1.165) is 0 Å². The van der Waals surface area contributed by atoms with Crippen LogP contribution in [-0.2, 0) is 4.79 Å². The number of nitrogens with zero attached hydrogens (tertiary/aromatic N) is 1. The number of likely N-dealkylation sites (N-methyl/N-ethyl adjacent to an activating group) is 1. The molecule has 3 N–H and O–H groups in total. The molecular formula is C11H14N2O3. The molecule has 5 nitrogen and oxygen atoms in total. The number of aliphatic carboxylic acids is 1. The summed E-state index contributed by atoms with van der Waals surface area (Å²) in [5, 5.41) is 8.89. The fourth-order valence-electron chi connectivity index (χ4n) is 1.36. The van der Waals surface area contributed by atoms with Gasteiger partial charge in [-0.3, -0.25) is 4.79 Å². The molecule has 0 radical (unpaired) electrons. The molecule has 0 heterocycles. The first-order valence-corrected chi connectivity index (χ1v) is 4.79. The number of hydrogen-bond donors (Lipinski definition) is 2. The van der Waals surface area contributed by atoms with E-state index >= 15 is 0 Å². The standard InChI is InChI=1S/C11H14N2O3/c1-7(11(15)16)13(2)9-6-4-3-5-8(9)10(12)14/h3-7H,1-2H3,(H2,12,14)(H,15,16). The van der Waals surface area contributed by atoms with E-state index in [2.05, 4.69) is 0 Å². The maximum Gasteiger partial charge on any atom is 0.326 e. The summed E-state index contributed by atoms with van der Waals surface area (Å²) in [5.74, 6) is -1.53. The third-order valence-corrected chi connectivity index (χ3v) is 2.49. The Morgan fingerprint density at radius 3 is 2.44 bits per heavy atom. The Morgan fingerprint density at radius 2 is 1.94 bits per heavy atom. The molecule has 1 amide bonds. The van der Waals surface area contributed by atoms with E-state index in [-0.39, 0.29) is 0 Å². The van der Waals surface area contributed by atoms with E-state index in [1.807, 2.05) is 0 Å². The maximum atomic E-state index is 11.2. The van der Waals surface area contributed by atoms with Crippen LogP contribution in [0.3, 0.4) is 0 Å². The summed E-state index contributed by atoms with van der Waals surface area (Å²) in [5.41, 5.74) is 6.05. The lowest BCUT2D eigenvalue weighted by atomic mass is 10.1. The zero-order valence-corrected chi connectivity index (χ0v) is 9.18. The van der Waals surface area contributed by atoms with Gasteiger partial charge in [0.15, 0.2) is 0 Å². The molecule has 0 bridgehead atoms. The smallest absolute Gasteiger partial charge is 0.326 e. The second kappa shape index (κ2) is 4.65. The Labute approximate surface area is 93.5 Å². The topological polar surface area (TPSA) is 83.6 Å². The minimum Gasteiger partial charge on any atom is -0.480 e. The predicted octanol–water partition coefficient (Wildman–Crippen LogP) is 0.695. The Kier molecular flexibility index (Phi) is 3.50. The van der Waals surface area contributed by atoms with Gasteiger partial charge in [0.05, 0.1) is 5.56 Å². The molecule has 0 fully saturated rings. The van der Waals surface area contributed by atoms with E-state index in [9.17, 15) is 9.59 Å². The molecule has 5 heteroatoms. The molecular weight excluding hydrogens is 208 g/mol. The fraction of sp³-hybridized carbons (Fsp3) is 0.273. The van der Waals surface area contributed by atoms with Crippen LogP contribution in [-0.4, -0.2) is 30.1 Å². The average Bonchev–Trinajstić information content (AvgIpc) is 2.26. The summed E-state index contributed by atoms with van der Waals surface area (Å²) >= 11 is 0. The van der Waals surface area contributed by atoms with E-state index in [1.165, 1.54) is 4.90 Å². The third kappa shape index (κ3) is 2.31. The molecule has 16 heavy (non-hydrogen) atoms. The molecule has 0 saturated heterocycles. The number of rotatable bonds is 4. The molecule has 86 valence electrons. The van der Waals surface area contributed by atoms with Gasteiger partial charge in [0.1, 0.15) is 6.04 Å². The van der Waals surface area contributed by atoms with Crippen molar-refractivity contribution in [3.05, 3.63) is 29.8 Å². The third-order valence-electron chi connectivity index (χ3n) is 2.49. The van der Waals surface area contributed by atoms with Crippen LogP contribution in [0.25, 0.3) is 0 Å². The van der Waals surface area contributed by atoms with Crippen molar-refractivity contribution >= 4 is 17.6 Å². The molecule has 1 unspecified atom stereocenters. The summed E-state index contributed by atoms with van der Waals surface area (Å²) in [7, 11) is 1.61. The summed E-state index contributed by atoms with van der Waals surface area (Å²) in [6.45, 7) is 1.54. The monoisotopic (exact) mass is 222 g/mol. The van der Waals surface area contributed by atoms with Gasteiger partial charge >= 0.3 is 5.97 Å². The van der Waals surface area contributed by atoms with Crippen LogP contribution in [0.1, 0.15) is 17.3 Å². The van der Waals surface area contributed by atoms with Gasteiger partial charge in [0, 0.05) is 12.7 Å². The molecule has 0 aliphatic heterocycles. The van der Waals surface area contributed by atoms with E-state index in [4.69, 9.17) is 10.8 Å². The Bertz CT molecular complexity index is 417. The number of carbonyl (C=O) groups excluding carboxylic acids is 1. The lowest BCUT2D eigenvalue weighted by molar-refractivity contribution is -0.138. The number of carboxylic acids is 1. The van der Waals surface area contributed by atoms with E-state index in [1.54, 1.807) is 38.2 Å². The van der Waals surface area contributed by atoms with Gasteiger partial charge in [0.25, 0.3) is 5.91 Å². The molecule has 0 saturated carbocycles. The molecule has 0 aliphatic rings. The molecule has 0 aliphatic carbocycles. The zero-order valence-electron chi connectivity index (χ0n) is 9.18. The number of carbonyl (C=O) groups is 2. The van der Waals surface area contributed by atoms with Crippen LogP contribution in [0.2, 0.25) is 0 Å². The van der Waals surface area contributed by atoms with Crippen molar-refractivity contribution in [3.63, 3.8) is 0 Å². The summed E-state index contributed by atoms with van der Waals surface area (Å²) in [6, 6.07) is 5.93.